The van der Waals surface area contributed by atoms with E-state index in [2.05, 4.69) is 5.32 Å². The van der Waals surface area contributed by atoms with Crippen LogP contribution in [0.1, 0.15) is 20.8 Å². The second kappa shape index (κ2) is 5.09. The number of benzene rings is 1. The zero-order chi connectivity index (χ0) is 14.0. The van der Waals surface area contributed by atoms with Gasteiger partial charge in [-0.15, -0.1) is 0 Å². The fourth-order valence-corrected chi connectivity index (χ4v) is 1.73. The number of carbonyl (C=O) groups is 1. The van der Waals surface area contributed by atoms with Crippen LogP contribution in [0.25, 0.3) is 0 Å². The fraction of sp³-hybridized carbons (Fsp3) is 0.500. The van der Waals surface area contributed by atoms with Gasteiger partial charge in [-0.2, -0.15) is 0 Å². The highest BCUT2D eigenvalue weighted by atomic mass is 16.6. The molecular formula is C14H20N2O3. The van der Waals surface area contributed by atoms with E-state index in [1.807, 2.05) is 20.8 Å². The van der Waals surface area contributed by atoms with Crippen LogP contribution in [0.4, 0.5) is 5.69 Å². The normalized spacial score (nSPS) is 15.8. The predicted molar refractivity (Wildman–Crippen MR) is 73.5 cm³/mol. The first kappa shape index (κ1) is 13.7. The third-order valence-corrected chi connectivity index (χ3v) is 3.03. The average Bonchev–Trinajstić information content (AvgIpc) is 2.36. The summed E-state index contributed by atoms with van der Waals surface area (Å²) >= 11 is 0. The van der Waals surface area contributed by atoms with Crippen molar-refractivity contribution in [3.8, 4) is 11.5 Å². The second-order valence-corrected chi connectivity index (χ2v) is 5.69. The largest absolute Gasteiger partial charge is 0.486 e. The number of ether oxygens (including phenoxy) is 2. The van der Waals surface area contributed by atoms with Crippen molar-refractivity contribution in [3.05, 3.63) is 18.2 Å². The van der Waals surface area contributed by atoms with Crippen LogP contribution in [0.3, 0.4) is 0 Å². The first-order chi connectivity index (χ1) is 8.88. The third kappa shape index (κ3) is 3.17. The highest BCUT2D eigenvalue weighted by Gasteiger charge is 2.27. The number of nitrogens with one attached hydrogen (secondary N) is 1. The summed E-state index contributed by atoms with van der Waals surface area (Å²) in [6, 6.07) is 4.75. The van der Waals surface area contributed by atoms with Crippen LogP contribution in [0, 0.1) is 5.41 Å². The zero-order valence-corrected chi connectivity index (χ0v) is 11.5. The first-order valence-corrected chi connectivity index (χ1v) is 6.34. The van der Waals surface area contributed by atoms with Gasteiger partial charge in [0, 0.05) is 11.8 Å². The molecule has 5 heteroatoms. The molecule has 0 radical (unpaired) electrons. The Morgan fingerprint density at radius 2 is 1.89 bits per heavy atom. The lowest BCUT2D eigenvalue weighted by atomic mass is 9.87. The van der Waals surface area contributed by atoms with Gasteiger partial charge in [0.1, 0.15) is 13.2 Å². The maximum absolute atomic E-state index is 12.0. The maximum atomic E-state index is 12.0. The van der Waals surface area contributed by atoms with Gasteiger partial charge in [0.15, 0.2) is 11.5 Å². The van der Waals surface area contributed by atoms with E-state index in [0.29, 0.717) is 30.4 Å². The standard InChI is InChI=1S/C14H20N2O3/c1-14(2,3)12(15)13(17)16-9-4-5-10-11(8-9)19-7-6-18-10/h4-5,8,12H,6-7,15H2,1-3H3,(H,16,17). The molecule has 0 bridgehead atoms. The lowest BCUT2D eigenvalue weighted by Crippen LogP contribution is -2.45. The Labute approximate surface area is 113 Å². The monoisotopic (exact) mass is 264 g/mol. The summed E-state index contributed by atoms with van der Waals surface area (Å²) in [6.45, 7) is 6.86. The molecule has 1 aromatic rings. The van der Waals surface area contributed by atoms with Gasteiger partial charge in [-0.3, -0.25) is 4.79 Å². The number of rotatable bonds is 2. The number of anilines is 1. The Bertz CT molecular complexity index is 480. The molecule has 0 saturated carbocycles. The molecule has 1 aliphatic rings. The van der Waals surface area contributed by atoms with Crippen LogP contribution in [0.2, 0.25) is 0 Å². The van der Waals surface area contributed by atoms with Crippen LogP contribution in [-0.2, 0) is 4.79 Å². The molecule has 0 saturated heterocycles. The van der Waals surface area contributed by atoms with Crippen molar-refractivity contribution in [1.82, 2.24) is 0 Å². The number of hydrogen-bond donors (Lipinski definition) is 2. The van der Waals surface area contributed by atoms with E-state index >= 15 is 0 Å². The van der Waals surface area contributed by atoms with Crippen LogP contribution >= 0.6 is 0 Å². The molecule has 0 aliphatic carbocycles. The lowest BCUT2D eigenvalue weighted by molar-refractivity contribution is -0.119. The fourth-order valence-electron chi connectivity index (χ4n) is 1.73. The lowest BCUT2D eigenvalue weighted by Gasteiger charge is -2.26. The minimum absolute atomic E-state index is 0.204. The van der Waals surface area contributed by atoms with Gasteiger partial charge in [0.2, 0.25) is 5.91 Å². The van der Waals surface area contributed by atoms with Gasteiger partial charge >= 0.3 is 0 Å². The SMILES string of the molecule is CC(C)(C)C(N)C(=O)Nc1ccc2c(c1)OCCO2. The number of fused-ring (bicyclic) bond motifs is 1. The summed E-state index contributed by atoms with van der Waals surface area (Å²) in [7, 11) is 0. The first-order valence-electron chi connectivity index (χ1n) is 6.34. The molecule has 104 valence electrons. The molecule has 1 atom stereocenters. The van der Waals surface area contributed by atoms with E-state index in [4.69, 9.17) is 15.2 Å². The van der Waals surface area contributed by atoms with Gasteiger partial charge in [-0.25, -0.2) is 0 Å². The van der Waals surface area contributed by atoms with Gasteiger partial charge in [0.25, 0.3) is 0 Å². The summed E-state index contributed by atoms with van der Waals surface area (Å²) < 4.78 is 10.9. The Hall–Kier alpha value is -1.75. The van der Waals surface area contributed by atoms with E-state index in [9.17, 15) is 4.79 Å². The van der Waals surface area contributed by atoms with Crippen LogP contribution < -0.4 is 20.5 Å². The van der Waals surface area contributed by atoms with Gasteiger partial charge < -0.3 is 20.5 Å². The molecule has 5 nitrogen and oxygen atoms in total. The molecule has 3 N–H and O–H groups in total. The molecule has 1 unspecified atom stereocenters. The van der Waals surface area contributed by atoms with E-state index < -0.39 is 6.04 Å². The van der Waals surface area contributed by atoms with E-state index in [1.165, 1.54) is 0 Å². The Kier molecular flexibility index (Phi) is 3.66. The predicted octanol–water partition coefficient (Wildman–Crippen LogP) is 1.77. The van der Waals surface area contributed by atoms with E-state index in [0.717, 1.165) is 0 Å². The van der Waals surface area contributed by atoms with Crippen molar-refractivity contribution in [2.75, 3.05) is 18.5 Å². The van der Waals surface area contributed by atoms with Gasteiger partial charge in [-0.1, -0.05) is 20.8 Å². The topological polar surface area (TPSA) is 73.6 Å². The molecular weight excluding hydrogens is 244 g/mol. The minimum atomic E-state index is -0.569. The van der Waals surface area contributed by atoms with Crippen LogP contribution in [0.5, 0.6) is 11.5 Å². The molecule has 0 fully saturated rings. The summed E-state index contributed by atoms with van der Waals surface area (Å²) in [5.41, 5.74) is 6.29. The second-order valence-electron chi connectivity index (χ2n) is 5.69. The molecule has 1 aromatic carbocycles. The highest BCUT2D eigenvalue weighted by molar-refractivity contribution is 5.95. The molecule has 1 amide bonds. The Morgan fingerprint density at radius 3 is 2.53 bits per heavy atom. The van der Waals surface area contributed by atoms with Crippen molar-refractivity contribution in [2.24, 2.45) is 11.1 Å². The van der Waals surface area contributed by atoms with Crippen LogP contribution in [0.15, 0.2) is 18.2 Å². The molecule has 0 spiro atoms. The quantitative estimate of drug-likeness (QED) is 0.853. The molecule has 1 heterocycles. The Morgan fingerprint density at radius 1 is 1.26 bits per heavy atom. The van der Waals surface area contributed by atoms with Crippen molar-refractivity contribution in [1.29, 1.82) is 0 Å². The van der Waals surface area contributed by atoms with Crippen molar-refractivity contribution >= 4 is 11.6 Å². The van der Waals surface area contributed by atoms with Gasteiger partial charge in [-0.05, 0) is 17.5 Å². The molecule has 1 aliphatic heterocycles. The molecule has 2 rings (SSSR count). The number of carbonyl (C=O) groups excluding carboxylic acids is 1. The zero-order valence-electron chi connectivity index (χ0n) is 11.5. The smallest absolute Gasteiger partial charge is 0.241 e. The minimum Gasteiger partial charge on any atom is -0.486 e. The summed E-state index contributed by atoms with van der Waals surface area (Å²) in [5.74, 6) is 1.14. The molecule has 19 heavy (non-hydrogen) atoms. The van der Waals surface area contributed by atoms with Crippen molar-refractivity contribution in [2.45, 2.75) is 26.8 Å². The highest BCUT2D eigenvalue weighted by Crippen LogP contribution is 2.32. The Balaban J connectivity index is 2.09. The summed E-state index contributed by atoms with van der Waals surface area (Å²) in [6.07, 6.45) is 0. The van der Waals surface area contributed by atoms with E-state index in [-0.39, 0.29) is 11.3 Å². The number of nitrogens with two attached hydrogens (primary N) is 1. The number of hydrogen-bond acceptors (Lipinski definition) is 4. The van der Waals surface area contributed by atoms with Gasteiger partial charge in [0.05, 0.1) is 6.04 Å². The summed E-state index contributed by atoms with van der Waals surface area (Å²) in [5, 5.41) is 2.80. The molecule has 0 aromatic heterocycles. The third-order valence-electron chi connectivity index (χ3n) is 3.03. The average molecular weight is 264 g/mol. The van der Waals surface area contributed by atoms with Crippen molar-refractivity contribution in [3.63, 3.8) is 0 Å². The van der Waals surface area contributed by atoms with E-state index in [1.54, 1.807) is 18.2 Å². The number of amides is 1. The van der Waals surface area contributed by atoms with Crippen molar-refractivity contribution < 1.29 is 14.3 Å². The van der Waals surface area contributed by atoms with Crippen LogP contribution in [-0.4, -0.2) is 25.2 Å². The maximum Gasteiger partial charge on any atom is 0.241 e. The summed E-state index contributed by atoms with van der Waals surface area (Å²) in [4.78, 5) is 12.0.